The van der Waals surface area contributed by atoms with Crippen LogP contribution in [-0.2, 0) is 12.8 Å². The Morgan fingerprint density at radius 3 is 2.30 bits per heavy atom. The van der Waals surface area contributed by atoms with Gasteiger partial charge in [0, 0.05) is 31.4 Å². The zero-order valence-electron chi connectivity index (χ0n) is 16.6. The number of aryl methyl sites for hydroxylation is 2. The minimum absolute atomic E-state index is 0. The Labute approximate surface area is 182 Å². The first-order valence-electron chi connectivity index (χ1n) is 8.65. The molecule has 0 fully saturated rings. The van der Waals surface area contributed by atoms with E-state index in [9.17, 15) is 0 Å². The molecule has 0 aliphatic heterocycles. The summed E-state index contributed by atoms with van der Waals surface area (Å²) in [6, 6.07) is 5.99. The third-order valence-corrected chi connectivity index (χ3v) is 5.15. The Bertz CT molecular complexity index is 749. The molecule has 0 saturated heterocycles. The van der Waals surface area contributed by atoms with Crippen LogP contribution < -0.4 is 20.1 Å². The number of benzene rings is 1. The predicted octanol–water partition coefficient (Wildman–Crippen LogP) is 3.35. The number of guanidine groups is 1. The molecule has 0 bridgehead atoms. The Hall–Kier alpha value is -1.55. The van der Waals surface area contributed by atoms with E-state index in [2.05, 4.69) is 27.5 Å². The van der Waals surface area contributed by atoms with Crippen LogP contribution in [0.4, 0.5) is 0 Å². The highest BCUT2D eigenvalue weighted by atomic mass is 127. The topological polar surface area (TPSA) is 67.8 Å². The first-order valence-corrected chi connectivity index (χ1v) is 9.47. The molecule has 0 aliphatic rings. The van der Waals surface area contributed by atoms with E-state index in [1.54, 1.807) is 32.6 Å². The molecule has 6 nitrogen and oxygen atoms in total. The molecule has 0 aliphatic carbocycles. The van der Waals surface area contributed by atoms with Crippen LogP contribution in [0.25, 0.3) is 0 Å². The van der Waals surface area contributed by atoms with E-state index in [1.165, 1.54) is 10.4 Å². The van der Waals surface area contributed by atoms with Gasteiger partial charge in [-0.2, -0.15) is 0 Å². The van der Waals surface area contributed by atoms with Crippen LogP contribution in [-0.4, -0.2) is 45.3 Å². The molecule has 1 aromatic heterocycles. The van der Waals surface area contributed by atoms with Crippen molar-refractivity contribution in [3.05, 3.63) is 39.3 Å². The molecule has 1 aromatic carbocycles. The van der Waals surface area contributed by atoms with Crippen molar-refractivity contribution >= 4 is 41.3 Å². The van der Waals surface area contributed by atoms with Crippen LogP contribution in [0.2, 0.25) is 0 Å². The summed E-state index contributed by atoms with van der Waals surface area (Å²) < 4.78 is 10.6. The summed E-state index contributed by atoms with van der Waals surface area (Å²) in [6.45, 7) is 5.73. The SMILES string of the molecule is CN=C(NCCc1ccc(OC)c(OC)c1)NCCc1sc(C)nc1C.I. The number of aromatic nitrogens is 1. The fourth-order valence-corrected chi connectivity index (χ4v) is 3.62. The van der Waals surface area contributed by atoms with Crippen molar-refractivity contribution in [3.8, 4) is 11.5 Å². The van der Waals surface area contributed by atoms with Gasteiger partial charge < -0.3 is 20.1 Å². The number of methoxy groups -OCH3 is 2. The molecule has 0 radical (unpaired) electrons. The van der Waals surface area contributed by atoms with E-state index in [4.69, 9.17) is 9.47 Å². The molecule has 1 heterocycles. The van der Waals surface area contributed by atoms with Gasteiger partial charge in [-0.15, -0.1) is 35.3 Å². The highest BCUT2D eigenvalue weighted by molar-refractivity contribution is 14.0. The zero-order chi connectivity index (χ0) is 18.9. The molecule has 0 unspecified atom stereocenters. The molecule has 2 N–H and O–H groups in total. The summed E-state index contributed by atoms with van der Waals surface area (Å²) in [4.78, 5) is 10.1. The van der Waals surface area contributed by atoms with Gasteiger partial charge >= 0.3 is 0 Å². The number of rotatable bonds is 8. The lowest BCUT2D eigenvalue weighted by Gasteiger charge is -2.13. The summed E-state index contributed by atoms with van der Waals surface area (Å²) in [5.41, 5.74) is 2.31. The molecule has 150 valence electrons. The molecular formula is C19H29IN4O2S. The quantitative estimate of drug-likeness (QED) is 0.328. The molecule has 27 heavy (non-hydrogen) atoms. The molecule has 0 saturated carbocycles. The maximum atomic E-state index is 5.35. The van der Waals surface area contributed by atoms with Crippen LogP contribution in [0, 0.1) is 13.8 Å². The largest absolute Gasteiger partial charge is 0.493 e. The number of ether oxygens (including phenoxy) is 2. The fraction of sp³-hybridized carbons (Fsp3) is 0.474. The van der Waals surface area contributed by atoms with Gasteiger partial charge in [0.15, 0.2) is 17.5 Å². The normalized spacial score (nSPS) is 10.9. The Balaban J connectivity index is 0.00000364. The number of thiazole rings is 1. The molecule has 0 spiro atoms. The maximum absolute atomic E-state index is 5.35. The van der Waals surface area contributed by atoms with Gasteiger partial charge in [0.1, 0.15) is 0 Å². The molecule has 2 aromatic rings. The predicted molar refractivity (Wildman–Crippen MR) is 123 cm³/mol. The van der Waals surface area contributed by atoms with Crippen molar-refractivity contribution in [3.63, 3.8) is 0 Å². The van der Waals surface area contributed by atoms with E-state index in [-0.39, 0.29) is 24.0 Å². The maximum Gasteiger partial charge on any atom is 0.190 e. The molecule has 2 rings (SSSR count). The second kappa shape index (κ2) is 12.0. The number of nitrogens with one attached hydrogen (secondary N) is 2. The Morgan fingerprint density at radius 2 is 1.74 bits per heavy atom. The number of nitrogens with zero attached hydrogens (tertiary/aromatic N) is 2. The van der Waals surface area contributed by atoms with Gasteiger partial charge in [-0.05, 0) is 38.0 Å². The standard InChI is InChI=1S/C19H28N4O2S.HI/c1-13-18(26-14(2)23-13)9-11-22-19(20-3)21-10-8-15-6-7-16(24-4)17(12-15)25-5;/h6-7,12H,8-11H2,1-5H3,(H2,20,21,22);1H. The lowest BCUT2D eigenvalue weighted by molar-refractivity contribution is 0.354. The molecular weight excluding hydrogens is 475 g/mol. The summed E-state index contributed by atoms with van der Waals surface area (Å²) in [5.74, 6) is 2.31. The van der Waals surface area contributed by atoms with E-state index >= 15 is 0 Å². The van der Waals surface area contributed by atoms with Crippen LogP contribution >= 0.6 is 35.3 Å². The molecule has 8 heteroatoms. The molecule has 0 atom stereocenters. The highest BCUT2D eigenvalue weighted by Gasteiger charge is 2.06. The summed E-state index contributed by atoms with van der Waals surface area (Å²) in [5, 5.41) is 7.82. The minimum atomic E-state index is 0. The second-order valence-corrected chi connectivity index (χ2v) is 7.14. The van der Waals surface area contributed by atoms with Gasteiger partial charge in [0.05, 0.1) is 24.9 Å². The number of aliphatic imine (C=N–C) groups is 1. The van der Waals surface area contributed by atoms with Gasteiger partial charge in [-0.3, -0.25) is 4.99 Å². The van der Waals surface area contributed by atoms with Crippen molar-refractivity contribution in [2.24, 2.45) is 4.99 Å². The van der Waals surface area contributed by atoms with Crippen molar-refractivity contribution in [2.45, 2.75) is 26.7 Å². The summed E-state index contributed by atoms with van der Waals surface area (Å²) in [6.07, 6.45) is 1.82. The highest BCUT2D eigenvalue weighted by Crippen LogP contribution is 2.27. The van der Waals surface area contributed by atoms with E-state index in [0.29, 0.717) is 0 Å². The first kappa shape index (κ1) is 23.5. The fourth-order valence-electron chi connectivity index (χ4n) is 2.68. The third kappa shape index (κ3) is 7.17. The molecule has 0 amide bonds. The third-order valence-electron chi connectivity index (χ3n) is 4.02. The Morgan fingerprint density at radius 1 is 1.07 bits per heavy atom. The Kier molecular flexibility index (Phi) is 10.5. The van der Waals surface area contributed by atoms with Crippen molar-refractivity contribution in [1.29, 1.82) is 0 Å². The first-order chi connectivity index (χ1) is 12.6. The zero-order valence-corrected chi connectivity index (χ0v) is 19.7. The van der Waals surface area contributed by atoms with Gasteiger partial charge in [-0.1, -0.05) is 6.07 Å². The van der Waals surface area contributed by atoms with Crippen LogP contribution in [0.3, 0.4) is 0 Å². The van der Waals surface area contributed by atoms with Gasteiger partial charge in [-0.25, -0.2) is 4.98 Å². The van der Waals surface area contributed by atoms with Crippen molar-refractivity contribution in [2.75, 3.05) is 34.4 Å². The van der Waals surface area contributed by atoms with E-state index < -0.39 is 0 Å². The lowest BCUT2D eigenvalue weighted by atomic mass is 10.1. The van der Waals surface area contributed by atoms with Gasteiger partial charge in [0.25, 0.3) is 0 Å². The van der Waals surface area contributed by atoms with Crippen LogP contribution in [0.15, 0.2) is 23.2 Å². The van der Waals surface area contributed by atoms with Crippen LogP contribution in [0.5, 0.6) is 11.5 Å². The average molecular weight is 504 g/mol. The van der Waals surface area contributed by atoms with E-state index in [0.717, 1.165) is 54.1 Å². The van der Waals surface area contributed by atoms with E-state index in [1.807, 2.05) is 25.1 Å². The number of halogens is 1. The monoisotopic (exact) mass is 504 g/mol. The second-order valence-electron chi connectivity index (χ2n) is 5.86. The summed E-state index contributed by atoms with van der Waals surface area (Å²) >= 11 is 1.76. The van der Waals surface area contributed by atoms with Crippen molar-refractivity contribution < 1.29 is 9.47 Å². The summed E-state index contributed by atoms with van der Waals surface area (Å²) in [7, 11) is 5.08. The van der Waals surface area contributed by atoms with Crippen LogP contribution in [0.1, 0.15) is 21.1 Å². The number of hydrogen-bond acceptors (Lipinski definition) is 5. The number of hydrogen-bond donors (Lipinski definition) is 2. The van der Waals surface area contributed by atoms with Crippen molar-refractivity contribution in [1.82, 2.24) is 15.6 Å². The lowest BCUT2D eigenvalue weighted by Crippen LogP contribution is -2.39. The van der Waals surface area contributed by atoms with Gasteiger partial charge in [0.2, 0.25) is 0 Å². The smallest absolute Gasteiger partial charge is 0.190 e. The average Bonchev–Trinajstić information content (AvgIpc) is 2.97. The minimum Gasteiger partial charge on any atom is -0.493 e.